The van der Waals surface area contributed by atoms with Gasteiger partial charge in [-0.25, -0.2) is 14.4 Å². The van der Waals surface area contributed by atoms with Crippen molar-refractivity contribution in [3.63, 3.8) is 0 Å². The second-order valence-electron chi connectivity index (χ2n) is 8.36. The molecule has 2 heterocycles. The van der Waals surface area contributed by atoms with Crippen LogP contribution in [0.15, 0.2) is 55.0 Å². The summed E-state index contributed by atoms with van der Waals surface area (Å²) >= 11 is 0. The zero-order chi connectivity index (χ0) is 26.1. The Morgan fingerprint density at radius 2 is 1.77 bits per heavy atom. The van der Waals surface area contributed by atoms with E-state index in [0.29, 0.717) is 17.2 Å². The number of aromatic nitrogens is 3. The molecule has 0 atom stereocenters. The molecule has 4 aromatic rings. The molecule has 0 unspecified atom stereocenters. The molecular formula is C26H31F2N4O2S-. The van der Waals surface area contributed by atoms with Crippen LogP contribution >= 0.6 is 0 Å². The van der Waals surface area contributed by atoms with E-state index in [0.717, 1.165) is 17.2 Å². The van der Waals surface area contributed by atoms with Crippen LogP contribution in [0.1, 0.15) is 26.3 Å². The minimum atomic E-state index is -1.03. The van der Waals surface area contributed by atoms with Crippen LogP contribution in [0.5, 0.6) is 5.75 Å². The molecule has 2 aromatic heterocycles. The standard InChI is InChI=1S/C20H16F2N4O.C4H10.C2H5OS/c1-12-4-3-5-13(10-12)25-19-20-24-11-15(26(20)9-8-23-19)14-6-7-16(27-2)18(22)17(14)21;2*1-4(2)3/h3-11H,1-2H3,(H,23,25);4H,1-3H3;1H2,2H3/q;;-1. The van der Waals surface area contributed by atoms with Gasteiger partial charge < -0.3 is 14.3 Å². The molecule has 0 saturated heterocycles. The van der Waals surface area contributed by atoms with Crippen molar-refractivity contribution in [2.75, 3.05) is 18.7 Å². The van der Waals surface area contributed by atoms with E-state index >= 15 is 0 Å². The van der Waals surface area contributed by atoms with Gasteiger partial charge >= 0.3 is 0 Å². The normalized spacial score (nSPS) is 10.5. The highest BCUT2D eigenvalue weighted by atomic mass is 32.2. The van der Waals surface area contributed by atoms with Crippen LogP contribution in [0.2, 0.25) is 0 Å². The topological polar surface area (TPSA) is 68.5 Å². The summed E-state index contributed by atoms with van der Waals surface area (Å²) in [6.45, 7) is 8.49. The Bertz CT molecular complexity index is 1340. The summed E-state index contributed by atoms with van der Waals surface area (Å²) in [4.78, 5) is 8.67. The fraction of sp³-hybridized carbons (Fsp3) is 0.269. The highest BCUT2D eigenvalue weighted by Gasteiger charge is 2.19. The van der Waals surface area contributed by atoms with Crippen LogP contribution in [0.3, 0.4) is 0 Å². The van der Waals surface area contributed by atoms with Crippen molar-refractivity contribution in [1.82, 2.24) is 14.4 Å². The molecule has 9 heteroatoms. The van der Waals surface area contributed by atoms with Crippen LogP contribution in [0, 0.1) is 24.5 Å². The van der Waals surface area contributed by atoms with E-state index < -0.39 is 22.0 Å². The van der Waals surface area contributed by atoms with Crippen LogP contribution in [-0.4, -0.2) is 33.6 Å². The molecule has 0 aliphatic heterocycles. The first-order chi connectivity index (χ1) is 16.5. The number of ether oxygens (including phenoxy) is 1. The third-order valence-electron chi connectivity index (χ3n) is 4.25. The molecule has 35 heavy (non-hydrogen) atoms. The second kappa shape index (κ2) is 12.9. The number of imidazole rings is 1. The van der Waals surface area contributed by atoms with Crippen molar-refractivity contribution in [3.8, 4) is 17.0 Å². The van der Waals surface area contributed by atoms with E-state index in [-0.39, 0.29) is 11.3 Å². The summed E-state index contributed by atoms with van der Waals surface area (Å²) in [5.41, 5.74) is 2.98. The summed E-state index contributed by atoms with van der Waals surface area (Å²) in [5, 5.41) is 3.21. The molecule has 0 radical (unpaired) electrons. The summed E-state index contributed by atoms with van der Waals surface area (Å²) in [6.07, 6.45) is 6.25. The fourth-order valence-corrected chi connectivity index (χ4v) is 2.95. The number of benzene rings is 2. The van der Waals surface area contributed by atoms with E-state index in [4.69, 9.17) is 4.74 Å². The van der Waals surface area contributed by atoms with Crippen molar-refractivity contribution in [2.24, 2.45) is 5.92 Å². The number of nitrogens with one attached hydrogen (secondary N) is 1. The van der Waals surface area contributed by atoms with Gasteiger partial charge in [-0.1, -0.05) is 32.9 Å². The quantitative estimate of drug-likeness (QED) is 0.259. The fourth-order valence-electron chi connectivity index (χ4n) is 2.95. The number of nitrogens with zero attached hydrogens (tertiary/aromatic N) is 3. The Labute approximate surface area is 207 Å². The average Bonchev–Trinajstić information content (AvgIpc) is 3.20. The molecule has 6 nitrogen and oxygen atoms in total. The molecule has 0 aliphatic rings. The molecule has 0 spiro atoms. The van der Waals surface area contributed by atoms with Gasteiger partial charge in [0.05, 0.1) is 19.0 Å². The number of anilines is 2. The van der Waals surface area contributed by atoms with Gasteiger partial charge in [-0.2, -0.15) is 10.3 Å². The Kier molecular flexibility index (Phi) is 10.2. The first kappa shape index (κ1) is 27.8. The monoisotopic (exact) mass is 501 g/mol. The van der Waals surface area contributed by atoms with Crippen LogP contribution < -0.4 is 10.1 Å². The van der Waals surface area contributed by atoms with Gasteiger partial charge in [-0.15, -0.1) is 6.26 Å². The smallest absolute Gasteiger partial charge is 0.201 e. The molecule has 0 bridgehead atoms. The molecule has 0 saturated carbocycles. The van der Waals surface area contributed by atoms with E-state index in [2.05, 4.69) is 41.9 Å². The van der Waals surface area contributed by atoms with E-state index in [1.54, 1.807) is 16.8 Å². The number of hydrogen-bond acceptors (Lipinski definition) is 6. The van der Waals surface area contributed by atoms with Gasteiger partial charge in [-0.05, 0) is 42.7 Å². The zero-order valence-corrected chi connectivity index (χ0v) is 21.6. The maximum atomic E-state index is 14.5. The number of hydrogen-bond donors (Lipinski definition) is 1. The minimum Gasteiger partial charge on any atom is -0.494 e. The number of aryl methyl sites for hydroxylation is 1. The van der Waals surface area contributed by atoms with Crippen molar-refractivity contribution < 1.29 is 17.7 Å². The lowest BCUT2D eigenvalue weighted by atomic mass is 10.1. The molecule has 188 valence electrons. The van der Waals surface area contributed by atoms with Crippen LogP contribution in [0.4, 0.5) is 20.3 Å². The van der Waals surface area contributed by atoms with Gasteiger partial charge in [-0.3, -0.25) is 14.8 Å². The molecule has 1 N–H and O–H groups in total. The van der Waals surface area contributed by atoms with Crippen molar-refractivity contribution in [2.45, 2.75) is 27.7 Å². The molecule has 4 rings (SSSR count). The first-order valence-corrected chi connectivity index (χ1v) is 12.6. The van der Waals surface area contributed by atoms with E-state index in [9.17, 15) is 13.0 Å². The summed E-state index contributed by atoms with van der Waals surface area (Å²) in [7, 11) is 0.431. The lowest BCUT2D eigenvalue weighted by Crippen LogP contribution is -2.00. The van der Waals surface area contributed by atoms with Crippen molar-refractivity contribution in [3.05, 3.63) is 72.2 Å². The van der Waals surface area contributed by atoms with Crippen LogP contribution in [-0.2, 0) is 14.6 Å². The maximum Gasteiger partial charge on any atom is 0.201 e. The molecule has 2 aromatic carbocycles. The lowest BCUT2D eigenvalue weighted by Gasteiger charge is -2.10. The minimum absolute atomic E-state index is 0.0912. The summed E-state index contributed by atoms with van der Waals surface area (Å²) in [5.74, 6) is 2.30. The summed E-state index contributed by atoms with van der Waals surface area (Å²) in [6, 6.07) is 10.7. The third kappa shape index (κ3) is 7.78. The number of fused-ring (bicyclic) bond motifs is 1. The Hall–Kier alpha value is -3.46. The van der Waals surface area contributed by atoms with E-state index in [1.165, 1.54) is 31.7 Å². The first-order valence-electron chi connectivity index (χ1n) is 10.9. The molecule has 0 aliphatic carbocycles. The molecule has 0 amide bonds. The highest BCUT2D eigenvalue weighted by Crippen LogP contribution is 2.31. The van der Waals surface area contributed by atoms with Crippen molar-refractivity contribution >= 4 is 33.4 Å². The Morgan fingerprint density at radius 3 is 2.37 bits per heavy atom. The number of halogens is 2. The third-order valence-corrected chi connectivity index (χ3v) is 4.25. The summed E-state index contributed by atoms with van der Waals surface area (Å²) < 4.78 is 44.5. The Morgan fingerprint density at radius 1 is 1.11 bits per heavy atom. The average molecular weight is 502 g/mol. The zero-order valence-electron chi connectivity index (χ0n) is 20.8. The maximum absolute atomic E-state index is 14.5. The van der Waals surface area contributed by atoms with Gasteiger partial charge in [0.25, 0.3) is 0 Å². The van der Waals surface area contributed by atoms with E-state index in [1.807, 2.05) is 31.2 Å². The number of rotatable bonds is 4. The van der Waals surface area contributed by atoms with Crippen molar-refractivity contribution in [1.29, 1.82) is 0 Å². The Balaban J connectivity index is 0.000000473. The SMILES string of the molecule is C=[S-](C)=O.CC(C)C.COc1ccc(-c2cnc3c(Nc4cccc(C)c4)nccn23)c(F)c1F. The molecule has 0 fully saturated rings. The van der Waals surface area contributed by atoms with Gasteiger partial charge in [0.15, 0.2) is 23.0 Å². The van der Waals surface area contributed by atoms with Gasteiger partial charge in [0.2, 0.25) is 5.82 Å². The number of methoxy groups -OCH3 is 1. The largest absolute Gasteiger partial charge is 0.494 e. The molecular weight excluding hydrogens is 470 g/mol. The highest BCUT2D eigenvalue weighted by molar-refractivity contribution is 7.81. The predicted molar refractivity (Wildman–Crippen MR) is 141 cm³/mol. The second-order valence-corrected chi connectivity index (χ2v) is 9.50. The predicted octanol–water partition coefficient (Wildman–Crippen LogP) is 6.41. The van der Waals surface area contributed by atoms with Gasteiger partial charge in [0, 0.05) is 23.6 Å². The lowest BCUT2D eigenvalue weighted by molar-refractivity contribution is 0.372. The van der Waals surface area contributed by atoms with Crippen LogP contribution in [0.25, 0.3) is 16.9 Å². The van der Waals surface area contributed by atoms with Gasteiger partial charge in [0.1, 0.15) is 0 Å².